The van der Waals surface area contributed by atoms with Gasteiger partial charge in [0.1, 0.15) is 12.4 Å². The molecule has 3 rings (SSSR count). The molecule has 1 fully saturated rings. The zero-order chi connectivity index (χ0) is 22.8. The second kappa shape index (κ2) is 11.6. The summed E-state index contributed by atoms with van der Waals surface area (Å²) in [6.45, 7) is 7.05. The Morgan fingerprint density at radius 3 is 2.50 bits per heavy atom. The largest absolute Gasteiger partial charge is 0.492 e. The monoisotopic (exact) mass is 439 g/mol. The van der Waals surface area contributed by atoms with Gasteiger partial charge in [-0.3, -0.25) is 14.5 Å². The van der Waals surface area contributed by atoms with Gasteiger partial charge in [-0.15, -0.1) is 12.3 Å². The van der Waals surface area contributed by atoms with Crippen molar-refractivity contribution in [2.24, 2.45) is 10.2 Å². The Balaban J connectivity index is 1.26. The number of nitrogens with zero attached hydrogens (tertiary/aromatic N) is 4. The number of piperazine rings is 1. The van der Waals surface area contributed by atoms with E-state index in [-0.39, 0.29) is 11.8 Å². The molecule has 1 N–H and O–H groups in total. The number of carbonyl (C=O) groups excluding carboxylic acids is 2. The van der Waals surface area contributed by atoms with E-state index in [0.717, 1.165) is 56.9 Å². The Labute approximate surface area is 190 Å². The normalized spacial score (nSPS) is 16.9. The third-order valence-corrected chi connectivity index (χ3v) is 5.96. The van der Waals surface area contributed by atoms with Gasteiger partial charge < -0.3 is 15.0 Å². The van der Waals surface area contributed by atoms with Crippen LogP contribution in [0.1, 0.15) is 38.2 Å². The van der Waals surface area contributed by atoms with Crippen LogP contribution in [0.15, 0.2) is 34.5 Å². The smallest absolute Gasteiger partial charge is 0.220 e. The topological polar surface area (TPSA) is 86.6 Å². The van der Waals surface area contributed by atoms with Crippen molar-refractivity contribution in [1.29, 1.82) is 0 Å². The van der Waals surface area contributed by atoms with E-state index in [1.807, 2.05) is 29.2 Å². The van der Waals surface area contributed by atoms with Crippen LogP contribution in [-0.2, 0) is 16.0 Å². The molecule has 0 aromatic heterocycles. The number of carbonyl (C=O) groups is 2. The van der Waals surface area contributed by atoms with E-state index in [0.29, 0.717) is 32.4 Å². The maximum absolute atomic E-state index is 12.1. The van der Waals surface area contributed by atoms with Crippen molar-refractivity contribution in [1.82, 2.24) is 15.1 Å². The molecule has 0 unspecified atom stereocenters. The molecule has 1 saturated heterocycles. The highest BCUT2D eigenvalue weighted by atomic mass is 16.5. The van der Waals surface area contributed by atoms with Gasteiger partial charge in [0.25, 0.3) is 0 Å². The molecule has 2 heterocycles. The van der Waals surface area contributed by atoms with Crippen molar-refractivity contribution in [2.75, 3.05) is 45.9 Å². The number of rotatable bonds is 12. The molecule has 0 spiro atoms. The van der Waals surface area contributed by atoms with E-state index >= 15 is 0 Å². The second-order valence-electron chi connectivity index (χ2n) is 8.33. The molecule has 0 radical (unpaired) electrons. The number of hydrogen-bond acceptors (Lipinski definition) is 6. The fraction of sp³-hybridized carbons (Fsp3) is 0.583. The minimum Gasteiger partial charge on any atom is -0.492 e. The highest BCUT2D eigenvalue weighted by Gasteiger charge is 2.39. The van der Waals surface area contributed by atoms with Crippen LogP contribution in [-0.4, -0.2) is 73.2 Å². The van der Waals surface area contributed by atoms with Gasteiger partial charge in [-0.2, -0.15) is 10.2 Å². The van der Waals surface area contributed by atoms with Crippen LogP contribution in [0.5, 0.6) is 5.75 Å². The van der Waals surface area contributed by atoms with Gasteiger partial charge in [-0.25, -0.2) is 0 Å². The summed E-state index contributed by atoms with van der Waals surface area (Å²) in [5.74, 6) is 3.61. The molecule has 2 amide bonds. The fourth-order valence-corrected chi connectivity index (χ4v) is 3.75. The van der Waals surface area contributed by atoms with Gasteiger partial charge in [0.2, 0.25) is 11.8 Å². The van der Waals surface area contributed by atoms with Crippen LogP contribution < -0.4 is 10.1 Å². The molecular formula is C24H33N5O3. The molecule has 0 bridgehead atoms. The van der Waals surface area contributed by atoms with Gasteiger partial charge in [-0.05, 0) is 24.1 Å². The number of amides is 2. The molecule has 0 saturated carbocycles. The van der Waals surface area contributed by atoms with E-state index in [2.05, 4.69) is 26.4 Å². The van der Waals surface area contributed by atoms with Gasteiger partial charge >= 0.3 is 0 Å². The first-order valence-corrected chi connectivity index (χ1v) is 11.3. The maximum Gasteiger partial charge on any atom is 0.220 e. The first-order chi connectivity index (χ1) is 15.5. The van der Waals surface area contributed by atoms with Crippen LogP contribution >= 0.6 is 0 Å². The van der Waals surface area contributed by atoms with Crippen molar-refractivity contribution in [2.45, 2.75) is 44.7 Å². The average molecular weight is 440 g/mol. The van der Waals surface area contributed by atoms with Crippen LogP contribution in [0.2, 0.25) is 0 Å². The summed E-state index contributed by atoms with van der Waals surface area (Å²) in [7, 11) is 0. The predicted molar refractivity (Wildman–Crippen MR) is 122 cm³/mol. The lowest BCUT2D eigenvalue weighted by molar-refractivity contribution is -0.130. The maximum atomic E-state index is 12.1. The SMILES string of the molecule is C#CCCC1(CCC(=O)NCCc2ccc(OCCN3CCN(C(C)=O)CC3)cc2)N=N1. The summed E-state index contributed by atoms with van der Waals surface area (Å²) in [5.41, 5.74) is 0.748. The second-order valence-corrected chi connectivity index (χ2v) is 8.33. The minimum atomic E-state index is -0.400. The molecule has 1 aromatic rings. The minimum absolute atomic E-state index is 0.0199. The van der Waals surface area contributed by atoms with E-state index in [1.54, 1.807) is 6.92 Å². The molecule has 1 aromatic carbocycles. The third kappa shape index (κ3) is 7.65. The fourth-order valence-electron chi connectivity index (χ4n) is 3.75. The van der Waals surface area contributed by atoms with Crippen LogP contribution in [0.3, 0.4) is 0 Å². The lowest BCUT2D eigenvalue weighted by atomic mass is 10.0. The first-order valence-electron chi connectivity index (χ1n) is 11.3. The van der Waals surface area contributed by atoms with Crippen molar-refractivity contribution in [3.63, 3.8) is 0 Å². The Morgan fingerprint density at radius 2 is 1.88 bits per heavy atom. The van der Waals surface area contributed by atoms with Gasteiger partial charge in [-0.1, -0.05) is 12.1 Å². The lowest BCUT2D eigenvalue weighted by Gasteiger charge is -2.34. The molecule has 0 aliphatic carbocycles. The predicted octanol–water partition coefficient (Wildman–Crippen LogP) is 2.24. The molecule has 2 aliphatic rings. The van der Waals surface area contributed by atoms with Crippen molar-refractivity contribution in [3.05, 3.63) is 29.8 Å². The molecule has 0 atom stereocenters. The molecule has 172 valence electrons. The Hall–Kier alpha value is -2.92. The molecule has 8 nitrogen and oxygen atoms in total. The highest BCUT2D eigenvalue weighted by Crippen LogP contribution is 2.37. The summed E-state index contributed by atoms with van der Waals surface area (Å²) in [6, 6.07) is 8.00. The number of nitrogens with one attached hydrogen (secondary N) is 1. The highest BCUT2D eigenvalue weighted by molar-refractivity contribution is 5.76. The lowest BCUT2D eigenvalue weighted by Crippen LogP contribution is -2.48. The Bertz CT molecular complexity index is 832. The quantitative estimate of drug-likeness (QED) is 0.506. The summed E-state index contributed by atoms with van der Waals surface area (Å²) in [6.07, 6.45) is 8.44. The Morgan fingerprint density at radius 1 is 1.16 bits per heavy atom. The number of terminal acetylenes is 1. The van der Waals surface area contributed by atoms with Crippen molar-refractivity contribution >= 4 is 11.8 Å². The van der Waals surface area contributed by atoms with E-state index in [1.165, 1.54) is 0 Å². The average Bonchev–Trinajstić information content (AvgIpc) is 3.58. The van der Waals surface area contributed by atoms with E-state index < -0.39 is 5.66 Å². The molecule has 8 heteroatoms. The van der Waals surface area contributed by atoms with Gasteiger partial charge in [0.05, 0.1) is 0 Å². The van der Waals surface area contributed by atoms with E-state index in [9.17, 15) is 9.59 Å². The zero-order valence-corrected chi connectivity index (χ0v) is 18.9. The first kappa shape index (κ1) is 23.7. The van der Waals surface area contributed by atoms with Crippen molar-refractivity contribution in [3.8, 4) is 18.1 Å². The summed E-state index contributed by atoms with van der Waals surface area (Å²) in [4.78, 5) is 27.6. The number of ether oxygens (including phenoxy) is 1. The van der Waals surface area contributed by atoms with Crippen LogP contribution in [0, 0.1) is 12.3 Å². The zero-order valence-electron chi connectivity index (χ0n) is 18.9. The third-order valence-electron chi connectivity index (χ3n) is 5.96. The standard InChI is InChI=1S/C24H33N5O3/c1-3-4-11-24(26-27-24)12-9-23(31)25-13-10-21-5-7-22(8-6-21)32-19-18-28-14-16-29(17-15-28)20(2)30/h1,5-8H,4,9-19H2,2H3,(H,25,31). The molecule has 2 aliphatic heterocycles. The summed E-state index contributed by atoms with van der Waals surface area (Å²) >= 11 is 0. The molecular weight excluding hydrogens is 406 g/mol. The van der Waals surface area contributed by atoms with Gasteiger partial charge in [0.15, 0.2) is 5.66 Å². The summed E-state index contributed by atoms with van der Waals surface area (Å²) < 4.78 is 5.86. The van der Waals surface area contributed by atoms with Crippen LogP contribution in [0.25, 0.3) is 0 Å². The number of benzene rings is 1. The van der Waals surface area contributed by atoms with E-state index in [4.69, 9.17) is 11.2 Å². The number of hydrogen-bond donors (Lipinski definition) is 1. The summed E-state index contributed by atoms with van der Waals surface area (Å²) in [5, 5.41) is 11.1. The molecule has 32 heavy (non-hydrogen) atoms. The van der Waals surface area contributed by atoms with Crippen LogP contribution in [0.4, 0.5) is 0 Å². The Kier molecular flexibility index (Phi) is 8.63. The van der Waals surface area contributed by atoms with Gasteiger partial charge in [0, 0.05) is 71.9 Å². The van der Waals surface area contributed by atoms with Crippen molar-refractivity contribution < 1.29 is 14.3 Å².